The van der Waals surface area contributed by atoms with E-state index in [2.05, 4.69) is 31.3 Å². The molecular formula is C17H29NO2. The van der Waals surface area contributed by atoms with Gasteiger partial charge < -0.3 is 14.8 Å². The number of nitrogens with one attached hydrogen (secondary N) is 1. The van der Waals surface area contributed by atoms with Crippen molar-refractivity contribution in [2.75, 3.05) is 20.8 Å². The Morgan fingerprint density at radius 2 is 1.60 bits per heavy atom. The fraction of sp³-hybridized carbons (Fsp3) is 0.647. The van der Waals surface area contributed by atoms with Crippen molar-refractivity contribution in [1.82, 2.24) is 5.32 Å². The molecule has 0 bridgehead atoms. The molecule has 20 heavy (non-hydrogen) atoms. The number of rotatable bonds is 10. The monoisotopic (exact) mass is 279 g/mol. The van der Waals surface area contributed by atoms with Crippen LogP contribution in [-0.4, -0.2) is 20.8 Å². The predicted octanol–water partition coefficient (Wildman–Crippen LogP) is 4.32. The molecule has 0 aliphatic rings. The van der Waals surface area contributed by atoms with Crippen molar-refractivity contribution >= 4 is 0 Å². The molecule has 0 aliphatic heterocycles. The average Bonchev–Trinajstić information content (AvgIpc) is 2.49. The lowest BCUT2D eigenvalue weighted by Crippen LogP contribution is -2.21. The molecule has 0 saturated carbocycles. The van der Waals surface area contributed by atoms with Crippen LogP contribution in [0.15, 0.2) is 18.2 Å². The second-order valence-corrected chi connectivity index (χ2v) is 5.11. The Morgan fingerprint density at radius 1 is 0.950 bits per heavy atom. The molecule has 1 N–H and O–H groups in total. The van der Waals surface area contributed by atoms with Gasteiger partial charge in [-0.15, -0.1) is 0 Å². The molecule has 1 unspecified atom stereocenters. The van der Waals surface area contributed by atoms with Gasteiger partial charge in [-0.1, -0.05) is 39.5 Å². The average molecular weight is 279 g/mol. The fourth-order valence-corrected chi connectivity index (χ4v) is 2.44. The third-order valence-corrected chi connectivity index (χ3v) is 3.57. The summed E-state index contributed by atoms with van der Waals surface area (Å²) in [6, 6.07) is 6.51. The molecule has 3 heteroatoms. The number of hydrogen-bond donors (Lipinski definition) is 1. The van der Waals surface area contributed by atoms with Crippen molar-refractivity contribution in [3.05, 3.63) is 23.8 Å². The van der Waals surface area contributed by atoms with Crippen LogP contribution in [0.1, 0.15) is 57.6 Å². The lowest BCUT2D eigenvalue weighted by atomic mass is 9.99. The third kappa shape index (κ3) is 5.41. The van der Waals surface area contributed by atoms with Crippen LogP contribution in [0.4, 0.5) is 0 Å². The van der Waals surface area contributed by atoms with E-state index in [1.807, 2.05) is 6.07 Å². The molecule has 0 fully saturated rings. The highest BCUT2D eigenvalue weighted by Crippen LogP contribution is 2.29. The zero-order valence-corrected chi connectivity index (χ0v) is 13.4. The summed E-state index contributed by atoms with van der Waals surface area (Å²) in [5.74, 6) is 1.71. The van der Waals surface area contributed by atoms with Gasteiger partial charge in [0.25, 0.3) is 0 Å². The van der Waals surface area contributed by atoms with E-state index in [1.165, 1.54) is 31.2 Å². The van der Waals surface area contributed by atoms with E-state index in [9.17, 15) is 0 Å². The van der Waals surface area contributed by atoms with Crippen LogP contribution < -0.4 is 14.8 Å². The SMILES string of the molecule is CCCCCCC(NCC)c1cc(OC)cc(OC)c1. The molecular weight excluding hydrogens is 250 g/mol. The van der Waals surface area contributed by atoms with Crippen LogP contribution in [0, 0.1) is 0 Å². The molecule has 1 atom stereocenters. The summed E-state index contributed by atoms with van der Waals surface area (Å²) in [7, 11) is 3.39. The minimum Gasteiger partial charge on any atom is -0.497 e. The van der Waals surface area contributed by atoms with Crippen LogP contribution in [0.25, 0.3) is 0 Å². The normalized spacial score (nSPS) is 12.2. The van der Waals surface area contributed by atoms with Gasteiger partial charge in [0.1, 0.15) is 11.5 Å². The van der Waals surface area contributed by atoms with Gasteiger partial charge in [-0.3, -0.25) is 0 Å². The van der Waals surface area contributed by atoms with Gasteiger partial charge in [-0.05, 0) is 30.7 Å². The Morgan fingerprint density at radius 3 is 2.10 bits per heavy atom. The van der Waals surface area contributed by atoms with Crippen molar-refractivity contribution in [3.8, 4) is 11.5 Å². The molecule has 0 heterocycles. The zero-order valence-electron chi connectivity index (χ0n) is 13.4. The van der Waals surface area contributed by atoms with Crippen LogP contribution >= 0.6 is 0 Å². The van der Waals surface area contributed by atoms with Gasteiger partial charge >= 0.3 is 0 Å². The summed E-state index contributed by atoms with van der Waals surface area (Å²) in [5, 5.41) is 3.57. The van der Waals surface area contributed by atoms with Crippen molar-refractivity contribution < 1.29 is 9.47 Å². The summed E-state index contributed by atoms with van der Waals surface area (Å²) < 4.78 is 10.7. The first-order valence-electron chi connectivity index (χ1n) is 7.71. The van der Waals surface area contributed by atoms with Gasteiger partial charge in [0, 0.05) is 12.1 Å². The molecule has 0 spiro atoms. The number of benzene rings is 1. The van der Waals surface area contributed by atoms with Gasteiger partial charge in [0.15, 0.2) is 0 Å². The van der Waals surface area contributed by atoms with Gasteiger partial charge in [0.05, 0.1) is 14.2 Å². The van der Waals surface area contributed by atoms with E-state index in [0.29, 0.717) is 6.04 Å². The Bertz CT molecular complexity index is 357. The van der Waals surface area contributed by atoms with Crippen molar-refractivity contribution in [3.63, 3.8) is 0 Å². The molecule has 0 aromatic heterocycles. The van der Waals surface area contributed by atoms with E-state index >= 15 is 0 Å². The van der Waals surface area contributed by atoms with Crippen LogP contribution in [0.5, 0.6) is 11.5 Å². The minimum absolute atomic E-state index is 0.376. The first-order valence-corrected chi connectivity index (χ1v) is 7.71. The largest absolute Gasteiger partial charge is 0.497 e. The summed E-state index contributed by atoms with van der Waals surface area (Å²) in [6.45, 7) is 5.36. The lowest BCUT2D eigenvalue weighted by Gasteiger charge is -2.20. The van der Waals surface area contributed by atoms with E-state index in [4.69, 9.17) is 9.47 Å². The second-order valence-electron chi connectivity index (χ2n) is 5.11. The van der Waals surface area contributed by atoms with E-state index < -0.39 is 0 Å². The lowest BCUT2D eigenvalue weighted by molar-refractivity contribution is 0.390. The van der Waals surface area contributed by atoms with Crippen LogP contribution in [-0.2, 0) is 0 Å². The number of unbranched alkanes of at least 4 members (excludes halogenated alkanes) is 3. The van der Waals surface area contributed by atoms with E-state index in [0.717, 1.165) is 24.5 Å². The third-order valence-electron chi connectivity index (χ3n) is 3.57. The quantitative estimate of drug-likeness (QED) is 0.647. The smallest absolute Gasteiger partial charge is 0.122 e. The molecule has 1 aromatic carbocycles. The molecule has 114 valence electrons. The van der Waals surface area contributed by atoms with Crippen molar-refractivity contribution in [1.29, 1.82) is 0 Å². The molecule has 0 saturated heterocycles. The van der Waals surface area contributed by atoms with E-state index in [-0.39, 0.29) is 0 Å². The Kier molecular flexibility index (Phi) is 8.12. The number of ether oxygens (including phenoxy) is 2. The van der Waals surface area contributed by atoms with E-state index in [1.54, 1.807) is 14.2 Å². The minimum atomic E-state index is 0.376. The number of methoxy groups -OCH3 is 2. The first kappa shape index (κ1) is 16.8. The van der Waals surface area contributed by atoms with Gasteiger partial charge in [-0.25, -0.2) is 0 Å². The van der Waals surface area contributed by atoms with Gasteiger partial charge in [0.2, 0.25) is 0 Å². The highest BCUT2D eigenvalue weighted by molar-refractivity contribution is 5.39. The first-order chi connectivity index (χ1) is 9.74. The summed E-state index contributed by atoms with van der Waals surface area (Å²) in [6.07, 6.45) is 6.31. The van der Waals surface area contributed by atoms with Crippen LogP contribution in [0.3, 0.4) is 0 Å². The maximum atomic E-state index is 5.36. The Hall–Kier alpha value is -1.22. The van der Waals surface area contributed by atoms with Gasteiger partial charge in [-0.2, -0.15) is 0 Å². The summed E-state index contributed by atoms with van der Waals surface area (Å²) in [5.41, 5.74) is 1.25. The maximum absolute atomic E-state index is 5.36. The molecule has 0 amide bonds. The molecule has 0 radical (unpaired) electrons. The molecule has 1 rings (SSSR count). The standard InChI is InChI=1S/C17H29NO2/c1-5-7-8-9-10-17(18-6-2)14-11-15(19-3)13-16(12-14)20-4/h11-13,17-18H,5-10H2,1-4H3. The number of hydrogen-bond acceptors (Lipinski definition) is 3. The highest BCUT2D eigenvalue weighted by atomic mass is 16.5. The Balaban J connectivity index is 2.78. The van der Waals surface area contributed by atoms with Crippen molar-refractivity contribution in [2.45, 2.75) is 52.0 Å². The fourth-order valence-electron chi connectivity index (χ4n) is 2.44. The molecule has 1 aromatic rings. The molecule has 0 aliphatic carbocycles. The highest BCUT2D eigenvalue weighted by Gasteiger charge is 2.12. The maximum Gasteiger partial charge on any atom is 0.122 e. The zero-order chi connectivity index (χ0) is 14.8. The van der Waals surface area contributed by atoms with Crippen LogP contribution in [0.2, 0.25) is 0 Å². The summed E-state index contributed by atoms with van der Waals surface area (Å²) >= 11 is 0. The Labute approximate surface area is 123 Å². The summed E-state index contributed by atoms with van der Waals surface area (Å²) in [4.78, 5) is 0. The van der Waals surface area contributed by atoms with Crippen molar-refractivity contribution in [2.24, 2.45) is 0 Å². The second kappa shape index (κ2) is 9.65. The predicted molar refractivity (Wildman–Crippen MR) is 84.7 cm³/mol. The topological polar surface area (TPSA) is 30.5 Å². The molecule has 3 nitrogen and oxygen atoms in total.